The Hall–Kier alpha value is -3.58. The molecule has 0 fully saturated rings. The van der Waals surface area contributed by atoms with E-state index in [0.717, 1.165) is 28.3 Å². The summed E-state index contributed by atoms with van der Waals surface area (Å²) in [6.07, 6.45) is 1.10. The van der Waals surface area contributed by atoms with Gasteiger partial charge in [0, 0.05) is 28.7 Å². The smallest absolute Gasteiger partial charge is 0.208 e. The molecule has 156 valence electrons. The molecule has 0 saturated carbocycles. The minimum Gasteiger partial charge on any atom is -0.506 e. The monoisotopic (exact) mass is 406 g/mol. The fourth-order valence-corrected chi connectivity index (χ4v) is 3.28. The third-order valence-electron chi connectivity index (χ3n) is 5.62. The number of ketones is 1. The van der Waals surface area contributed by atoms with Gasteiger partial charge in [0.05, 0.1) is 18.0 Å². The van der Waals surface area contributed by atoms with E-state index in [0.29, 0.717) is 22.7 Å². The Morgan fingerprint density at radius 2 is 1.53 bits per heavy atom. The molecule has 0 saturated heterocycles. The molecule has 7 heteroatoms. The Labute approximate surface area is 175 Å². The molecule has 2 aromatic rings. The molecule has 0 unspecified atom stereocenters. The molecule has 7 N–H and O–H groups in total. The molecule has 1 aliphatic carbocycles. The number of aliphatic hydroxyl groups excluding tert-OH is 2. The van der Waals surface area contributed by atoms with Gasteiger partial charge in [-0.2, -0.15) is 0 Å². The average molecular weight is 406 g/mol. The van der Waals surface area contributed by atoms with Crippen molar-refractivity contribution in [1.29, 1.82) is 0 Å². The summed E-state index contributed by atoms with van der Waals surface area (Å²) in [6.45, 7) is 7.07. The Morgan fingerprint density at radius 3 is 2.17 bits per heavy atom. The van der Waals surface area contributed by atoms with Crippen LogP contribution in [0.1, 0.15) is 22.3 Å². The van der Waals surface area contributed by atoms with E-state index in [1.54, 1.807) is 24.3 Å². The summed E-state index contributed by atoms with van der Waals surface area (Å²) in [6, 6.07) is 7.00. The Bertz CT molecular complexity index is 1140. The topological polar surface area (TPSA) is 134 Å². The Morgan fingerprint density at radius 1 is 0.933 bits per heavy atom. The maximum absolute atomic E-state index is 12.6. The number of nitrogens with zero attached hydrogens (tertiary/aromatic N) is 1. The van der Waals surface area contributed by atoms with Crippen LogP contribution in [0.5, 0.6) is 0 Å². The molecular formula is C23H26N4O3. The van der Waals surface area contributed by atoms with E-state index in [4.69, 9.17) is 11.5 Å². The van der Waals surface area contributed by atoms with Gasteiger partial charge >= 0.3 is 0 Å². The summed E-state index contributed by atoms with van der Waals surface area (Å²) >= 11 is 0. The van der Waals surface area contributed by atoms with Gasteiger partial charge in [-0.1, -0.05) is 0 Å². The summed E-state index contributed by atoms with van der Waals surface area (Å²) < 4.78 is 0. The molecule has 0 spiro atoms. The number of hydrogen-bond donors (Lipinski definition) is 5. The third kappa shape index (κ3) is 3.67. The first-order chi connectivity index (χ1) is 14.1. The van der Waals surface area contributed by atoms with Gasteiger partial charge in [-0.3, -0.25) is 4.79 Å². The van der Waals surface area contributed by atoms with Crippen LogP contribution in [-0.4, -0.2) is 28.3 Å². The van der Waals surface area contributed by atoms with Crippen molar-refractivity contribution in [2.45, 2.75) is 27.7 Å². The second-order valence-corrected chi connectivity index (χ2v) is 7.37. The highest BCUT2D eigenvalue weighted by molar-refractivity contribution is 6.51. The molecular weight excluding hydrogens is 380 g/mol. The summed E-state index contributed by atoms with van der Waals surface area (Å²) in [5.41, 5.74) is 18.5. The predicted octanol–water partition coefficient (Wildman–Crippen LogP) is 3.54. The maximum atomic E-state index is 12.6. The zero-order chi connectivity index (χ0) is 22.2. The summed E-state index contributed by atoms with van der Waals surface area (Å²) in [5, 5.41) is 23.6. The van der Waals surface area contributed by atoms with Crippen LogP contribution in [0, 0.1) is 27.7 Å². The lowest BCUT2D eigenvalue weighted by molar-refractivity contribution is -0.109. The highest BCUT2D eigenvalue weighted by Gasteiger charge is 2.27. The van der Waals surface area contributed by atoms with Crippen LogP contribution < -0.4 is 16.8 Å². The molecule has 30 heavy (non-hydrogen) atoms. The number of allylic oxidation sites excluding steroid dienone is 1. The SMILES string of the molecule is Cc1c(N)ccc(N=C2C(=O)C=C(O)C(Nc3ccc(N)c(C)c3C)=C2CO)c1C. The van der Waals surface area contributed by atoms with Crippen molar-refractivity contribution in [3.63, 3.8) is 0 Å². The van der Waals surface area contributed by atoms with E-state index in [1.807, 2.05) is 27.7 Å². The molecule has 0 bridgehead atoms. The van der Waals surface area contributed by atoms with Crippen LogP contribution >= 0.6 is 0 Å². The number of carbonyl (C=O) groups excluding carboxylic acids is 1. The molecule has 7 nitrogen and oxygen atoms in total. The number of aliphatic hydroxyl groups is 2. The van der Waals surface area contributed by atoms with E-state index < -0.39 is 12.4 Å². The van der Waals surface area contributed by atoms with Crippen molar-refractivity contribution in [3.05, 3.63) is 69.6 Å². The lowest BCUT2D eigenvalue weighted by Crippen LogP contribution is -2.26. The van der Waals surface area contributed by atoms with Crippen molar-refractivity contribution in [3.8, 4) is 0 Å². The van der Waals surface area contributed by atoms with Gasteiger partial charge in [0.1, 0.15) is 11.5 Å². The Balaban J connectivity index is 2.14. The van der Waals surface area contributed by atoms with Crippen molar-refractivity contribution in [2.75, 3.05) is 23.4 Å². The van der Waals surface area contributed by atoms with Gasteiger partial charge in [0.25, 0.3) is 0 Å². The van der Waals surface area contributed by atoms with Crippen molar-refractivity contribution < 1.29 is 15.0 Å². The quantitative estimate of drug-likeness (QED) is 0.389. The number of anilines is 3. The molecule has 0 aromatic heterocycles. The lowest BCUT2D eigenvalue weighted by Gasteiger charge is -2.22. The molecule has 3 rings (SSSR count). The number of benzene rings is 2. The zero-order valence-corrected chi connectivity index (χ0v) is 17.5. The van der Waals surface area contributed by atoms with E-state index in [1.165, 1.54) is 0 Å². The van der Waals surface area contributed by atoms with Gasteiger partial charge < -0.3 is 27.0 Å². The first-order valence-electron chi connectivity index (χ1n) is 9.52. The van der Waals surface area contributed by atoms with E-state index in [-0.39, 0.29) is 22.7 Å². The number of carbonyl (C=O) groups is 1. The van der Waals surface area contributed by atoms with E-state index in [2.05, 4.69) is 10.3 Å². The number of hydrogen-bond acceptors (Lipinski definition) is 7. The molecule has 0 radical (unpaired) electrons. The fraction of sp³-hybridized carbons (Fsp3) is 0.217. The fourth-order valence-electron chi connectivity index (χ4n) is 3.28. The third-order valence-corrected chi connectivity index (χ3v) is 5.62. The Kier molecular flexibility index (Phi) is 5.67. The van der Waals surface area contributed by atoms with Crippen LogP contribution in [0.4, 0.5) is 22.7 Å². The predicted molar refractivity (Wildman–Crippen MR) is 121 cm³/mol. The second kappa shape index (κ2) is 8.04. The minimum atomic E-state index is -0.485. The van der Waals surface area contributed by atoms with Crippen molar-refractivity contribution >= 4 is 34.2 Å². The number of aliphatic imine (C=N–C) groups is 1. The maximum Gasteiger partial charge on any atom is 0.208 e. The van der Waals surface area contributed by atoms with Gasteiger partial charge in [-0.05, 0) is 74.2 Å². The standard InChI is InChI=1S/C23H26N4O3/c1-11-13(3)18(7-5-16(11)24)26-22-15(10-28)23(21(30)9-20(22)29)27-19-8-6-17(25)12(2)14(19)4/h5-9,26,28-29H,10,24-25H2,1-4H3. The molecule has 0 heterocycles. The van der Waals surface area contributed by atoms with Gasteiger partial charge in [0.15, 0.2) is 0 Å². The van der Waals surface area contributed by atoms with Gasteiger partial charge in [0.2, 0.25) is 5.78 Å². The minimum absolute atomic E-state index is 0.0647. The first-order valence-corrected chi connectivity index (χ1v) is 9.52. The molecule has 0 amide bonds. The number of nitrogens with two attached hydrogens (primary N) is 2. The van der Waals surface area contributed by atoms with E-state index in [9.17, 15) is 15.0 Å². The van der Waals surface area contributed by atoms with Crippen LogP contribution in [0.25, 0.3) is 0 Å². The largest absolute Gasteiger partial charge is 0.506 e. The number of nitrogens with one attached hydrogen (secondary N) is 1. The van der Waals surface area contributed by atoms with Crippen molar-refractivity contribution in [1.82, 2.24) is 0 Å². The number of nitrogen functional groups attached to an aromatic ring is 2. The van der Waals surface area contributed by atoms with Gasteiger partial charge in [-0.15, -0.1) is 0 Å². The highest BCUT2D eigenvalue weighted by atomic mass is 16.3. The summed E-state index contributed by atoms with van der Waals surface area (Å²) in [4.78, 5) is 17.1. The van der Waals surface area contributed by atoms with Crippen LogP contribution in [0.2, 0.25) is 0 Å². The molecule has 0 aliphatic heterocycles. The number of rotatable bonds is 4. The molecule has 0 atom stereocenters. The first kappa shape index (κ1) is 21.1. The average Bonchev–Trinajstić information content (AvgIpc) is 2.71. The van der Waals surface area contributed by atoms with Gasteiger partial charge in [-0.25, -0.2) is 4.99 Å². The van der Waals surface area contributed by atoms with Crippen LogP contribution in [0.15, 0.2) is 52.4 Å². The summed E-state index contributed by atoms with van der Waals surface area (Å²) in [7, 11) is 0. The van der Waals surface area contributed by atoms with Crippen molar-refractivity contribution in [2.24, 2.45) is 4.99 Å². The zero-order valence-electron chi connectivity index (χ0n) is 17.5. The summed E-state index contributed by atoms with van der Waals surface area (Å²) in [5.74, 6) is -0.747. The lowest BCUT2D eigenvalue weighted by atomic mass is 9.96. The van der Waals surface area contributed by atoms with Crippen LogP contribution in [0.3, 0.4) is 0 Å². The van der Waals surface area contributed by atoms with E-state index >= 15 is 0 Å². The molecule has 1 aliphatic rings. The normalized spacial score (nSPS) is 15.6. The van der Waals surface area contributed by atoms with Crippen LogP contribution in [-0.2, 0) is 4.79 Å². The molecule has 2 aromatic carbocycles. The second-order valence-electron chi connectivity index (χ2n) is 7.37. The highest BCUT2D eigenvalue weighted by Crippen LogP contribution is 2.31.